The van der Waals surface area contributed by atoms with Gasteiger partial charge in [-0.15, -0.1) is 0 Å². The summed E-state index contributed by atoms with van der Waals surface area (Å²) < 4.78 is 85.2. The number of pyridine rings is 1. The number of nitrogen functional groups attached to an aromatic ring is 1. The molecular formula is C31H33ClF5N7O4. The standard InChI is InChI=1S/C31H33ClF5N7O4/c1-47-14-30-5-3-18(44(30)28(45)46)12-42(13-30)26-20-10-39-24(19-7-17(38)8-21(32)22(19)31(35,36)37)23(34)25(20)40-27(41-26)48-15-29-4-2-6-43(29)11-16(33)9-29/h7-8,10,16,18H,2-6,9,11-15,38H2,1H3,(H,45,46)/t16-,18+,29+,30-/m1/s1. The minimum atomic E-state index is -4.96. The number of piperazine rings is 1. The van der Waals surface area contributed by atoms with Gasteiger partial charge >= 0.3 is 18.3 Å². The number of nitrogens with zero attached hydrogens (tertiary/aromatic N) is 6. The van der Waals surface area contributed by atoms with Gasteiger partial charge in [0, 0.05) is 50.6 Å². The molecule has 6 heterocycles. The normalized spacial score (nSPS) is 27.2. The van der Waals surface area contributed by atoms with E-state index in [0.717, 1.165) is 18.6 Å². The highest BCUT2D eigenvalue weighted by molar-refractivity contribution is 6.32. The van der Waals surface area contributed by atoms with Crippen LogP contribution in [0.1, 0.15) is 37.7 Å². The van der Waals surface area contributed by atoms with E-state index >= 15 is 4.39 Å². The molecule has 4 fully saturated rings. The zero-order chi connectivity index (χ0) is 34.2. The molecule has 1 amide bonds. The molecule has 1 aromatic carbocycles. The first-order valence-corrected chi connectivity index (χ1v) is 15.9. The first-order chi connectivity index (χ1) is 22.7. The largest absolute Gasteiger partial charge is 0.465 e. The molecule has 7 rings (SSSR count). The number of hydrogen-bond acceptors (Lipinski definition) is 9. The van der Waals surface area contributed by atoms with Crippen molar-refractivity contribution in [3.63, 3.8) is 0 Å². The minimum Gasteiger partial charge on any atom is -0.465 e. The van der Waals surface area contributed by atoms with Crippen LogP contribution in [0.3, 0.4) is 0 Å². The number of benzene rings is 1. The number of rotatable bonds is 7. The fraction of sp³-hybridized carbons (Fsp3) is 0.548. The van der Waals surface area contributed by atoms with Crippen LogP contribution in [0.15, 0.2) is 18.3 Å². The fourth-order valence-corrected chi connectivity index (χ4v) is 8.65. The summed E-state index contributed by atoms with van der Waals surface area (Å²) in [5, 5.41) is 9.42. The van der Waals surface area contributed by atoms with E-state index in [9.17, 15) is 27.5 Å². The van der Waals surface area contributed by atoms with Crippen LogP contribution in [0.5, 0.6) is 6.01 Å². The molecule has 2 bridgehead atoms. The van der Waals surface area contributed by atoms with Crippen LogP contribution in [-0.2, 0) is 10.9 Å². The number of nitrogens with two attached hydrogens (primary N) is 1. The van der Waals surface area contributed by atoms with Crippen LogP contribution in [0, 0.1) is 5.82 Å². The van der Waals surface area contributed by atoms with Gasteiger partial charge in [-0.05, 0) is 44.4 Å². The number of carboxylic acid groups (broad SMARTS) is 1. The van der Waals surface area contributed by atoms with Crippen molar-refractivity contribution in [3.8, 4) is 17.3 Å². The van der Waals surface area contributed by atoms with Crippen molar-refractivity contribution in [2.45, 2.75) is 61.6 Å². The maximum absolute atomic E-state index is 16.6. The smallest absolute Gasteiger partial charge is 0.418 e. The molecule has 4 atom stereocenters. The van der Waals surface area contributed by atoms with Gasteiger partial charge < -0.3 is 25.2 Å². The maximum Gasteiger partial charge on any atom is 0.418 e. The lowest BCUT2D eigenvalue weighted by atomic mass is 9.95. The molecule has 0 spiro atoms. The second-order valence-corrected chi connectivity index (χ2v) is 13.6. The van der Waals surface area contributed by atoms with Gasteiger partial charge in [0.05, 0.1) is 39.7 Å². The van der Waals surface area contributed by atoms with E-state index in [1.807, 2.05) is 4.90 Å². The van der Waals surface area contributed by atoms with Crippen LogP contribution in [0.2, 0.25) is 5.02 Å². The Morgan fingerprint density at radius 3 is 2.71 bits per heavy atom. The average molecular weight is 698 g/mol. The third-order valence-corrected chi connectivity index (χ3v) is 10.5. The van der Waals surface area contributed by atoms with Crippen molar-refractivity contribution in [1.82, 2.24) is 24.8 Å². The van der Waals surface area contributed by atoms with Crippen LogP contribution in [0.4, 0.5) is 38.3 Å². The molecule has 0 saturated carbocycles. The third kappa shape index (κ3) is 5.32. The summed E-state index contributed by atoms with van der Waals surface area (Å²) in [5.41, 5.74) is 1.16. The van der Waals surface area contributed by atoms with E-state index in [-0.39, 0.29) is 67.7 Å². The second-order valence-electron chi connectivity index (χ2n) is 13.2. The number of halogens is 6. The average Bonchev–Trinajstić information content (AvgIpc) is 3.60. The van der Waals surface area contributed by atoms with E-state index in [1.54, 1.807) is 4.90 Å². The van der Waals surface area contributed by atoms with Gasteiger partial charge in [-0.3, -0.25) is 14.8 Å². The monoisotopic (exact) mass is 697 g/mol. The fourth-order valence-electron chi connectivity index (χ4n) is 8.32. The highest BCUT2D eigenvalue weighted by Gasteiger charge is 2.55. The molecule has 17 heteroatoms. The van der Waals surface area contributed by atoms with Crippen molar-refractivity contribution in [1.29, 1.82) is 0 Å². The Balaban J connectivity index is 1.36. The molecule has 4 aliphatic rings. The number of methoxy groups -OCH3 is 1. The zero-order valence-electron chi connectivity index (χ0n) is 25.9. The number of alkyl halides is 4. The number of hydrogen-bond donors (Lipinski definition) is 2. The Morgan fingerprint density at radius 2 is 1.98 bits per heavy atom. The zero-order valence-corrected chi connectivity index (χ0v) is 26.6. The molecule has 0 aliphatic carbocycles. The summed E-state index contributed by atoms with van der Waals surface area (Å²) >= 11 is 5.97. The van der Waals surface area contributed by atoms with E-state index in [4.69, 9.17) is 26.8 Å². The SMILES string of the molecule is COC[C@@]12CC[C@@H](CN(c3nc(OC[C@@]45CCCN4C[C@H](F)C5)nc4c(F)c(-c5cc(N)cc(Cl)c5C(F)(F)F)ncc34)C1)N2C(=O)O. The van der Waals surface area contributed by atoms with Gasteiger partial charge in [0.25, 0.3) is 0 Å². The molecule has 48 heavy (non-hydrogen) atoms. The Hall–Kier alpha value is -3.76. The summed E-state index contributed by atoms with van der Waals surface area (Å²) in [7, 11) is 1.47. The topological polar surface area (TPSA) is 130 Å². The number of amides is 1. The number of aromatic nitrogens is 3. The Labute approximate surface area is 276 Å². The summed E-state index contributed by atoms with van der Waals surface area (Å²) in [5.74, 6) is -1.01. The van der Waals surface area contributed by atoms with Crippen molar-refractivity contribution < 1.29 is 41.3 Å². The molecule has 4 saturated heterocycles. The summed E-state index contributed by atoms with van der Waals surface area (Å²) in [4.78, 5) is 30.6. The molecule has 2 aromatic heterocycles. The molecule has 0 radical (unpaired) electrons. The van der Waals surface area contributed by atoms with E-state index in [0.29, 0.717) is 25.8 Å². The lowest BCUT2D eigenvalue weighted by Gasteiger charge is -2.47. The number of carbonyl (C=O) groups is 1. The minimum absolute atomic E-state index is 0.0179. The van der Waals surface area contributed by atoms with Crippen molar-refractivity contribution in [3.05, 3.63) is 34.7 Å². The lowest BCUT2D eigenvalue weighted by molar-refractivity contribution is -0.137. The van der Waals surface area contributed by atoms with E-state index < -0.39 is 63.2 Å². The van der Waals surface area contributed by atoms with Crippen LogP contribution in [-0.4, -0.2) is 106 Å². The summed E-state index contributed by atoms with van der Waals surface area (Å²) in [6.45, 7) is 1.41. The first-order valence-electron chi connectivity index (χ1n) is 15.6. The third-order valence-electron chi connectivity index (χ3n) is 10.2. The Bertz CT molecular complexity index is 1780. The quantitative estimate of drug-likeness (QED) is 0.245. The number of anilines is 2. The predicted molar refractivity (Wildman–Crippen MR) is 165 cm³/mol. The number of ether oxygens (including phenoxy) is 2. The van der Waals surface area contributed by atoms with Gasteiger partial charge in [-0.25, -0.2) is 13.6 Å². The van der Waals surface area contributed by atoms with Crippen molar-refractivity contribution in [2.24, 2.45) is 0 Å². The molecule has 258 valence electrons. The van der Waals surface area contributed by atoms with Crippen LogP contribution >= 0.6 is 11.6 Å². The van der Waals surface area contributed by atoms with E-state index in [1.165, 1.54) is 18.2 Å². The van der Waals surface area contributed by atoms with Gasteiger partial charge in [0.2, 0.25) is 0 Å². The van der Waals surface area contributed by atoms with Crippen molar-refractivity contribution >= 4 is 40.1 Å². The highest BCUT2D eigenvalue weighted by Crippen LogP contribution is 2.46. The molecule has 11 nitrogen and oxygen atoms in total. The summed E-state index contributed by atoms with van der Waals surface area (Å²) in [6, 6.07) is 1.18. The van der Waals surface area contributed by atoms with Crippen LogP contribution < -0.4 is 15.4 Å². The maximum atomic E-state index is 16.6. The van der Waals surface area contributed by atoms with Crippen molar-refractivity contribution in [2.75, 3.05) is 57.1 Å². The first kappa shape index (κ1) is 32.8. The van der Waals surface area contributed by atoms with Crippen LogP contribution in [0.25, 0.3) is 22.2 Å². The molecule has 4 aliphatic heterocycles. The van der Waals surface area contributed by atoms with Gasteiger partial charge in [0.15, 0.2) is 5.82 Å². The lowest BCUT2D eigenvalue weighted by Crippen LogP contribution is -2.65. The van der Waals surface area contributed by atoms with Gasteiger partial charge in [0.1, 0.15) is 29.8 Å². The summed E-state index contributed by atoms with van der Waals surface area (Å²) in [6.07, 6.45) is -3.05. The van der Waals surface area contributed by atoms with Gasteiger partial charge in [-0.1, -0.05) is 11.6 Å². The Kier molecular flexibility index (Phi) is 7.98. The second kappa shape index (κ2) is 11.7. The predicted octanol–water partition coefficient (Wildman–Crippen LogP) is 5.39. The van der Waals surface area contributed by atoms with Gasteiger partial charge in [-0.2, -0.15) is 23.1 Å². The highest BCUT2D eigenvalue weighted by atomic mass is 35.5. The molecular weight excluding hydrogens is 665 g/mol. The Morgan fingerprint density at radius 1 is 1.19 bits per heavy atom. The molecule has 3 N–H and O–H groups in total. The van der Waals surface area contributed by atoms with E-state index in [2.05, 4.69) is 15.0 Å². The molecule has 3 aromatic rings. The number of fused-ring (bicyclic) bond motifs is 4. The molecule has 0 unspecified atom stereocenters.